The number of imide groups is 1. The zero-order chi connectivity index (χ0) is 37.4. The zero-order valence-electron chi connectivity index (χ0n) is 29.8. The van der Waals surface area contributed by atoms with Crippen LogP contribution in [0.3, 0.4) is 0 Å². The summed E-state index contributed by atoms with van der Waals surface area (Å²) in [6, 6.07) is 11.3. The van der Waals surface area contributed by atoms with Gasteiger partial charge in [-0.15, -0.1) is 0 Å². The number of carbonyl (C=O) groups excluding carboxylic acids is 3. The Morgan fingerprint density at radius 2 is 1.67 bits per heavy atom. The van der Waals surface area contributed by atoms with Gasteiger partial charge in [-0.25, -0.2) is 23.6 Å². The number of carbonyl (C=O) groups is 3. The molecule has 5 heterocycles. The Bertz CT molecular complexity index is 2100. The van der Waals surface area contributed by atoms with E-state index >= 15 is 8.78 Å². The van der Waals surface area contributed by atoms with Crippen LogP contribution in [0.2, 0.25) is 0 Å². The lowest BCUT2D eigenvalue weighted by Crippen LogP contribution is -2.52. The molecule has 4 fully saturated rings. The van der Waals surface area contributed by atoms with Crippen LogP contribution < -0.4 is 20.9 Å². The molecule has 2 saturated heterocycles. The van der Waals surface area contributed by atoms with E-state index in [2.05, 4.69) is 40.8 Å². The number of piperidine rings is 1. The fourth-order valence-corrected chi connectivity index (χ4v) is 7.89. The first-order valence-electron chi connectivity index (χ1n) is 18.7. The average molecular weight is 737 g/mol. The molecule has 2 aliphatic heterocycles. The standard InChI is InChI=1S/C39H42F2N10O3/c1-42-29-18-25-20-45-51(36(25)44-21-29)34-19-33(46-27-8-9-27)32(22-43-34)38(54)47-28-6-4-26(5-7-28)39(40,41)23-49-14-16-50(17-15-49)30-10-2-24(3-11-30)31-12-13-35(52)48-37(31)53/h2-3,10-11,18-22,26-28,31H,4-9,12-17,23H2,(H,43,46)(H,47,54)(H,48,52,53). The van der Waals surface area contributed by atoms with E-state index in [0.717, 1.165) is 24.1 Å². The highest BCUT2D eigenvalue weighted by Gasteiger charge is 2.43. The lowest BCUT2D eigenvalue weighted by molar-refractivity contribution is -0.134. The topological polar surface area (TPSA) is 142 Å². The van der Waals surface area contributed by atoms with Crippen LogP contribution in [0.1, 0.15) is 73.2 Å². The van der Waals surface area contributed by atoms with Gasteiger partial charge in [-0.1, -0.05) is 12.1 Å². The molecule has 280 valence electrons. The first-order valence-corrected chi connectivity index (χ1v) is 18.7. The highest BCUT2D eigenvalue weighted by molar-refractivity contribution is 6.01. The number of anilines is 2. The summed E-state index contributed by atoms with van der Waals surface area (Å²) in [5, 5.41) is 14.1. The van der Waals surface area contributed by atoms with E-state index in [9.17, 15) is 14.4 Å². The predicted molar refractivity (Wildman–Crippen MR) is 198 cm³/mol. The van der Waals surface area contributed by atoms with Crippen LogP contribution >= 0.6 is 0 Å². The van der Waals surface area contributed by atoms with Crippen molar-refractivity contribution in [3.05, 3.63) is 77.5 Å². The van der Waals surface area contributed by atoms with Gasteiger partial charge >= 0.3 is 0 Å². The third-order valence-corrected chi connectivity index (χ3v) is 11.2. The number of benzene rings is 1. The second kappa shape index (κ2) is 14.7. The first-order chi connectivity index (χ1) is 26.1. The lowest BCUT2D eigenvalue weighted by Gasteiger charge is -2.40. The summed E-state index contributed by atoms with van der Waals surface area (Å²) in [6.07, 6.45) is 9.07. The van der Waals surface area contributed by atoms with E-state index in [4.69, 9.17) is 6.57 Å². The van der Waals surface area contributed by atoms with Crippen molar-refractivity contribution in [2.24, 2.45) is 5.92 Å². The summed E-state index contributed by atoms with van der Waals surface area (Å²) in [6.45, 7) is 9.25. The molecule has 1 unspecified atom stereocenters. The summed E-state index contributed by atoms with van der Waals surface area (Å²) in [5.41, 5.74) is 3.85. The van der Waals surface area contributed by atoms with E-state index in [1.807, 2.05) is 29.2 Å². The van der Waals surface area contributed by atoms with Gasteiger partial charge in [0, 0.05) is 80.1 Å². The monoisotopic (exact) mass is 736 g/mol. The molecule has 3 amide bonds. The molecule has 4 aromatic rings. The van der Waals surface area contributed by atoms with E-state index in [1.165, 1.54) is 12.4 Å². The Morgan fingerprint density at radius 1 is 0.926 bits per heavy atom. The summed E-state index contributed by atoms with van der Waals surface area (Å²) in [7, 11) is 0. The molecule has 0 radical (unpaired) electrons. The number of fused-ring (bicyclic) bond motifs is 1. The summed E-state index contributed by atoms with van der Waals surface area (Å²) in [4.78, 5) is 53.7. The average Bonchev–Trinajstić information content (AvgIpc) is 3.90. The zero-order valence-corrected chi connectivity index (χ0v) is 29.8. The molecule has 3 N–H and O–H groups in total. The highest BCUT2D eigenvalue weighted by Crippen LogP contribution is 2.38. The Labute approximate surface area is 311 Å². The fraction of sp³-hybridized carbons (Fsp3) is 0.462. The Hall–Kier alpha value is -5.49. The van der Waals surface area contributed by atoms with Crippen LogP contribution in [-0.2, 0) is 9.59 Å². The molecule has 4 aliphatic rings. The van der Waals surface area contributed by atoms with Crippen LogP contribution in [0.25, 0.3) is 21.7 Å². The van der Waals surface area contributed by atoms with Crippen molar-refractivity contribution in [2.45, 2.75) is 75.3 Å². The number of nitrogens with one attached hydrogen (secondary N) is 3. The van der Waals surface area contributed by atoms with Crippen LogP contribution in [0.15, 0.2) is 55.0 Å². The molecule has 3 aromatic heterocycles. The maximum atomic E-state index is 15.7. The van der Waals surface area contributed by atoms with Gasteiger partial charge in [0.25, 0.3) is 11.8 Å². The molecular formula is C39H42F2N10O3. The van der Waals surface area contributed by atoms with Gasteiger partial charge in [-0.05, 0) is 68.7 Å². The fourth-order valence-electron chi connectivity index (χ4n) is 7.89. The molecule has 1 atom stereocenters. The maximum Gasteiger partial charge on any atom is 0.263 e. The van der Waals surface area contributed by atoms with Crippen molar-refractivity contribution in [3.63, 3.8) is 0 Å². The quantitative estimate of drug-likeness (QED) is 0.148. The third kappa shape index (κ3) is 7.61. The summed E-state index contributed by atoms with van der Waals surface area (Å²) < 4.78 is 32.9. The van der Waals surface area contributed by atoms with E-state index in [1.54, 1.807) is 23.0 Å². The number of pyridine rings is 2. The van der Waals surface area contributed by atoms with E-state index in [-0.39, 0.29) is 42.3 Å². The summed E-state index contributed by atoms with van der Waals surface area (Å²) >= 11 is 0. The van der Waals surface area contributed by atoms with Crippen molar-refractivity contribution >= 4 is 45.8 Å². The maximum absolute atomic E-state index is 15.7. The molecule has 1 aromatic carbocycles. The number of amides is 3. The molecule has 15 heteroatoms. The lowest BCUT2D eigenvalue weighted by atomic mass is 9.81. The minimum atomic E-state index is -2.84. The molecule has 8 rings (SSSR count). The second-order valence-electron chi connectivity index (χ2n) is 14.9. The molecule has 0 bridgehead atoms. The number of rotatable bonds is 10. The van der Waals surface area contributed by atoms with E-state index < -0.39 is 11.8 Å². The molecular weight excluding hydrogens is 694 g/mol. The van der Waals surface area contributed by atoms with Crippen LogP contribution in [0, 0.1) is 12.5 Å². The number of piperazine rings is 1. The minimum Gasteiger partial charge on any atom is -0.382 e. The smallest absolute Gasteiger partial charge is 0.263 e. The molecule has 13 nitrogen and oxygen atoms in total. The minimum absolute atomic E-state index is 0.209. The van der Waals surface area contributed by atoms with Crippen molar-refractivity contribution in [2.75, 3.05) is 42.9 Å². The van der Waals surface area contributed by atoms with Gasteiger partial charge in [0.1, 0.15) is 0 Å². The van der Waals surface area contributed by atoms with Crippen LogP contribution in [-0.4, -0.2) is 93.1 Å². The molecule has 0 spiro atoms. The highest BCUT2D eigenvalue weighted by atomic mass is 19.3. The predicted octanol–water partition coefficient (Wildman–Crippen LogP) is 5.21. The summed E-state index contributed by atoms with van der Waals surface area (Å²) in [5.74, 6) is -4.24. The van der Waals surface area contributed by atoms with E-state index in [0.29, 0.717) is 98.5 Å². The van der Waals surface area contributed by atoms with Gasteiger partial charge in [-0.3, -0.25) is 24.6 Å². The normalized spacial score (nSPS) is 22.5. The number of halogens is 2. The number of hydrogen-bond donors (Lipinski definition) is 3. The van der Waals surface area contributed by atoms with Crippen molar-refractivity contribution in [1.29, 1.82) is 0 Å². The number of hydrogen-bond acceptors (Lipinski definition) is 9. The van der Waals surface area contributed by atoms with Crippen LogP contribution in [0.5, 0.6) is 0 Å². The third-order valence-electron chi connectivity index (χ3n) is 11.2. The Kier molecular flexibility index (Phi) is 9.70. The first kappa shape index (κ1) is 35.5. The van der Waals surface area contributed by atoms with Crippen molar-refractivity contribution in [3.8, 4) is 5.82 Å². The largest absolute Gasteiger partial charge is 0.382 e. The molecule has 2 saturated carbocycles. The Balaban J connectivity index is 0.831. The van der Waals surface area contributed by atoms with Gasteiger partial charge in [0.15, 0.2) is 11.5 Å². The molecule has 2 aliphatic carbocycles. The molecule has 54 heavy (non-hydrogen) atoms. The number of nitrogens with zero attached hydrogens (tertiary/aromatic N) is 7. The van der Waals surface area contributed by atoms with Crippen molar-refractivity contribution < 1.29 is 23.2 Å². The van der Waals surface area contributed by atoms with Gasteiger partial charge in [0.2, 0.25) is 17.5 Å². The Morgan fingerprint density at radius 3 is 2.37 bits per heavy atom. The number of aromatic nitrogens is 4. The van der Waals surface area contributed by atoms with Crippen molar-refractivity contribution in [1.82, 2.24) is 35.3 Å². The van der Waals surface area contributed by atoms with Gasteiger partial charge < -0.3 is 15.5 Å². The van der Waals surface area contributed by atoms with Gasteiger partial charge in [-0.2, -0.15) is 9.78 Å². The SMILES string of the molecule is [C-]#[N+]c1cnc2c(cnn2-c2cc(NC3CC3)c(C(=O)NC3CCC(C(F)(F)CN4CCN(c5ccc(C6CCC(=O)NC6=O)cc5)CC4)CC3)cn2)c1. The van der Waals surface area contributed by atoms with Crippen LogP contribution in [0.4, 0.5) is 25.8 Å². The number of alkyl halides is 2. The van der Waals surface area contributed by atoms with Gasteiger partial charge in [0.05, 0.1) is 36.5 Å². The second-order valence-corrected chi connectivity index (χ2v) is 14.9.